The number of nitrogens with zero attached hydrogens (tertiary/aromatic N) is 2. The minimum atomic E-state index is -0.768. The summed E-state index contributed by atoms with van der Waals surface area (Å²) in [6, 6.07) is 12.3. The van der Waals surface area contributed by atoms with Gasteiger partial charge in [0.2, 0.25) is 0 Å². The molecule has 3 nitrogen and oxygen atoms in total. The fraction of sp³-hybridized carbons (Fsp3) is 0.235. The lowest BCUT2D eigenvalue weighted by atomic mass is 10.0. The highest BCUT2D eigenvalue weighted by atomic mass is 19.1. The van der Waals surface area contributed by atoms with Crippen LogP contribution in [-0.4, -0.2) is 12.2 Å². The monoisotopic (exact) mass is 284 g/mol. The van der Waals surface area contributed by atoms with Gasteiger partial charge in [-0.3, -0.25) is 0 Å². The van der Waals surface area contributed by atoms with Crippen LogP contribution in [0, 0.1) is 24.1 Å². The predicted octanol–water partition coefficient (Wildman–Crippen LogP) is 3.83. The maximum atomic E-state index is 13.7. The first kappa shape index (κ1) is 15.0. The molecule has 108 valence electrons. The first-order valence-corrected chi connectivity index (χ1v) is 6.66. The molecule has 2 aromatic rings. The van der Waals surface area contributed by atoms with Gasteiger partial charge in [-0.05, 0) is 55.8 Å². The molecule has 0 spiro atoms. The van der Waals surface area contributed by atoms with E-state index in [0.29, 0.717) is 16.7 Å². The van der Waals surface area contributed by atoms with Crippen LogP contribution in [-0.2, 0) is 0 Å². The molecule has 0 saturated heterocycles. The smallest absolute Gasteiger partial charge is 0.126 e. The Labute approximate surface area is 123 Å². The van der Waals surface area contributed by atoms with Crippen LogP contribution in [0.4, 0.5) is 15.8 Å². The molecule has 4 heteroatoms. The van der Waals surface area contributed by atoms with Gasteiger partial charge < -0.3 is 10.0 Å². The summed E-state index contributed by atoms with van der Waals surface area (Å²) in [6.07, 6.45) is -0.768. The molecule has 1 atom stereocenters. The Balaban J connectivity index is 2.49. The number of hydrogen-bond donors (Lipinski definition) is 1. The van der Waals surface area contributed by atoms with Gasteiger partial charge in [0.25, 0.3) is 0 Å². The molecule has 1 N–H and O–H groups in total. The number of anilines is 2. The van der Waals surface area contributed by atoms with Crippen LogP contribution in [0.2, 0.25) is 0 Å². The molecule has 0 fully saturated rings. The van der Waals surface area contributed by atoms with Gasteiger partial charge in [0.05, 0.1) is 17.7 Å². The third kappa shape index (κ3) is 3.04. The van der Waals surface area contributed by atoms with Crippen LogP contribution >= 0.6 is 0 Å². The van der Waals surface area contributed by atoms with Gasteiger partial charge in [0.15, 0.2) is 0 Å². The summed E-state index contributed by atoms with van der Waals surface area (Å²) < 4.78 is 13.7. The maximum absolute atomic E-state index is 13.7. The van der Waals surface area contributed by atoms with E-state index in [-0.39, 0.29) is 5.82 Å². The van der Waals surface area contributed by atoms with Crippen molar-refractivity contribution < 1.29 is 9.50 Å². The Hall–Kier alpha value is -2.38. The minimum Gasteiger partial charge on any atom is -0.389 e. The van der Waals surface area contributed by atoms with E-state index in [9.17, 15) is 9.50 Å². The van der Waals surface area contributed by atoms with Crippen LogP contribution in [0.3, 0.4) is 0 Å². The normalized spacial score (nSPS) is 11.8. The zero-order chi connectivity index (χ0) is 15.6. The van der Waals surface area contributed by atoms with E-state index >= 15 is 0 Å². The van der Waals surface area contributed by atoms with E-state index in [1.807, 2.05) is 24.1 Å². The van der Waals surface area contributed by atoms with Gasteiger partial charge in [-0.25, -0.2) is 4.39 Å². The van der Waals surface area contributed by atoms with Crippen molar-refractivity contribution in [3.05, 3.63) is 58.9 Å². The quantitative estimate of drug-likeness (QED) is 0.931. The molecule has 2 aromatic carbocycles. The number of aliphatic hydroxyl groups excluding tert-OH is 1. The van der Waals surface area contributed by atoms with E-state index in [1.165, 1.54) is 6.07 Å². The van der Waals surface area contributed by atoms with Gasteiger partial charge in [0, 0.05) is 24.0 Å². The summed E-state index contributed by atoms with van der Waals surface area (Å²) in [5.41, 5.74) is 3.24. The third-order valence-electron chi connectivity index (χ3n) is 3.50. The summed E-state index contributed by atoms with van der Waals surface area (Å²) >= 11 is 0. The fourth-order valence-corrected chi connectivity index (χ4v) is 2.21. The highest BCUT2D eigenvalue weighted by molar-refractivity contribution is 5.67. The number of hydrogen-bond acceptors (Lipinski definition) is 3. The number of halogens is 1. The number of aliphatic hydroxyl groups is 1. The lowest BCUT2D eigenvalue weighted by molar-refractivity contribution is 0.199. The minimum absolute atomic E-state index is 0.331. The van der Waals surface area contributed by atoms with E-state index < -0.39 is 6.10 Å². The lowest BCUT2D eigenvalue weighted by Gasteiger charge is -2.24. The summed E-state index contributed by atoms with van der Waals surface area (Å²) in [6.45, 7) is 3.30. The predicted molar refractivity (Wildman–Crippen MR) is 81.0 cm³/mol. The average molecular weight is 284 g/mol. The van der Waals surface area contributed by atoms with Gasteiger partial charge in [-0.2, -0.15) is 5.26 Å². The molecule has 0 amide bonds. The van der Waals surface area contributed by atoms with Crippen LogP contribution < -0.4 is 4.90 Å². The molecular weight excluding hydrogens is 267 g/mol. The number of aryl methyl sites for hydroxylation is 1. The molecule has 21 heavy (non-hydrogen) atoms. The molecule has 0 aliphatic carbocycles. The summed E-state index contributed by atoms with van der Waals surface area (Å²) in [5.74, 6) is -0.331. The first-order valence-electron chi connectivity index (χ1n) is 6.66. The molecular formula is C17H17FN2O. The average Bonchev–Trinajstić information content (AvgIpc) is 2.48. The van der Waals surface area contributed by atoms with Crippen LogP contribution in [0.1, 0.15) is 29.7 Å². The molecule has 1 unspecified atom stereocenters. The molecule has 0 aliphatic heterocycles. The zero-order valence-electron chi connectivity index (χ0n) is 12.3. The second kappa shape index (κ2) is 5.94. The molecule has 0 aromatic heterocycles. The van der Waals surface area contributed by atoms with Crippen molar-refractivity contribution in [2.75, 3.05) is 11.9 Å². The Bertz CT molecular complexity index is 687. The van der Waals surface area contributed by atoms with Crippen molar-refractivity contribution in [1.82, 2.24) is 0 Å². The third-order valence-corrected chi connectivity index (χ3v) is 3.50. The number of benzene rings is 2. The number of nitriles is 1. The molecule has 0 aliphatic rings. The van der Waals surface area contributed by atoms with Crippen molar-refractivity contribution in [2.45, 2.75) is 20.0 Å². The van der Waals surface area contributed by atoms with Crippen molar-refractivity contribution in [1.29, 1.82) is 5.26 Å². The highest BCUT2D eigenvalue weighted by Crippen LogP contribution is 2.33. The van der Waals surface area contributed by atoms with Crippen molar-refractivity contribution in [2.24, 2.45) is 0 Å². The molecule has 0 saturated carbocycles. The van der Waals surface area contributed by atoms with Gasteiger partial charge in [0.1, 0.15) is 5.82 Å². The Kier molecular flexibility index (Phi) is 4.25. The van der Waals surface area contributed by atoms with E-state index in [1.54, 1.807) is 32.0 Å². The van der Waals surface area contributed by atoms with Crippen LogP contribution in [0.15, 0.2) is 36.4 Å². The Morgan fingerprint density at radius 1 is 1.24 bits per heavy atom. The zero-order valence-corrected chi connectivity index (χ0v) is 12.3. The number of rotatable bonds is 3. The van der Waals surface area contributed by atoms with Crippen molar-refractivity contribution >= 4 is 11.4 Å². The summed E-state index contributed by atoms with van der Waals surface area (Å²) in [7, 11) is 1.85. The van der Waals surface area contributed by atoms with Gasteiger partial charge >= 0.3 is 0 Å². The highest BCUT2D eigenvalue weighted by Gasteiger charge is 2.16. The SMILES string of the molecule is Cc1cc(N(C)c2ccc(C#N)cc2)c(C(C)O)cc1F. The van der Waals surface area contributed by atoms with Crippen LogP contribution in [0.5, 0.6) is 0 Å². The standard InChI is InChI=1S/C17H17FN2O/c1-11-8-17(15(12(2)21)9-16(11)18)20(3)14-6-4-13(10-19)5-7-14/h4-9,12,21H,1-3H3. The van der Waals surface area contributed by atoms with Crippen molar-refractivity contribution in [3.8, 4) is 6.07 Å². The maximum Gasteiger partial charge on any atom is 0.126 e. The van der Waals surface area contributed by atoms with E-state index in [4.69, 9.17) is 5.26 Å². The topological polar surface area (TPSA) is 47.3 Å². The van der Waals surface area contributed by atoms with E-state index in [0.717, 1.165) is 11.4 Å². The largest absolute Gasteiger partial charge is 0.389 e. The summed E-state index contributed by atoms with van der Waals surface area (Å²) in [5, 5.41) is 18.7. The Morgan fingerprint density at radius 2 is 1.86 bits per heavy atom. The Morgan fingerprint density at radius 3 is 2.38 bits per heavy atom. The van der Waals surface area contributed by atoms with E-state index in [2.05, 4.69) is 6.07 Å². The molecule has 2 rings (SSSR count). The molecule has 0 radical (unpaired) electrons. The first-order chi connectivity index (χ1) is 9.93. The van der Waals surface area contributed by atoms with Gasteiger partial charge in [-0.15, -0.1) is 0 Å². The fourth-order valence-electron chi connectivity index (χ4n) is 2.21. The molecule has 0 bridgehead atoms. The second-order valence-corrected chi connectivity index (χ2v) is 5.05. The second-order valence-electron chi connectivity index (χ2n) is 5.05. The lowest BCUT2D eigenvalue weighted by Crippen LogP contribution is -2.13. The summed E-state index contributed by atoms with van der Waals surface area (Å²) in [4.78, 5) is 1.87. The van der Waals surface area contributed by atoms with Gasteiger partial charge in [-0.1, -0.05) is 0 Å². The van der Waals surface area contributed by atoms with Crippen LogP contribution in [0.25, 0.3) is 0 Å². The van der Waals surface area contributed by atoms with Crippen molar-refractivity contribution in [3.63, 3.8) is 0 Å². The molecule has 0 heterocycles.